The summed E-state index contributed by atoms with van der Waals surface area (Å²) in [6.07, 6.45) is 3.30. The van der Waals surface area contributed by atoms with Crippen molar-refractivity contribution in [2.45, 2.75) is 25.3 Å². The van der Waals surface area contributed by atoms with E-state index in [1.807, 2.05) is 0 Å². The van der Waals surface area contributed by atoms with Gasteiger partial charge in [0.1, 0.15) is 0 Å². The third kappa shape index (κ3) is 1.17. The van der Waals surface area contributed by atoms with Crippen LogP contribution in [0.15, 0.2) is 0 Å². The summed E-state index contributed by atoms with van der Waals surface area (Å²) in [5.74, 6) is -0.907. The third-order valence-corrected chi connectivity index (χ3v) is 3.51. The second kappa shape index (κ2) is 2.79. The number of carbonyl (C=O) groups is 2. The molecule has 0 bridgehead atoms. The van der Waals surface area contributed by atoms with Gasteiger partial charge in [0.05, 0.1) is 11.8 Å². The highest BCUT2D eigenvalue weighted by Crippen LogP contribution is 2.36. The van der Waals surface area contributed by atoms with Crippen LogP contribution in [0, 0.1) is 11.8 Å². The molecule has 4 heteroatoms. The van der Waals surface area contributed by atoms with Crippen molar-refractivity contribution in [3.05, 3.63) is 0 Å². The average molecular weight is 195 g/mol. The largest absolute Gasteiger partial charge is 0.393 e. The van der Waals surface area contributed by atoms with Crippen LogP contribution < -0.4 is 0 Å². The first-order valence-corrected chi connectivity index (χ1v) is 5.25. The standard InChI is InChI=1S/C10H13NO3/c12-9-7-3-4-11(6-1-2-6)5-8(7)10(13)14-9/h6-8H,1-5H2. The van der Waals surface area contributed by atoms with E-state index in [-0.39, 0.29) is 23.8 Å². The zero-order valence-corrected chi connectivity index (χ0v) is 7.94. The number of nitrogens with zero attached hydrogens (tertiary/aromatic N) is 1. The molecule has 14 heavy (non-hydrogen) atoms. The number of fused-ring (bicyclic) bond motifs is 1. The molecule has 3 fully saturated rings. The highest BCUT2D eigenvalue weighted by Gasteiger charge is 2.49. The maximum Gasteiger partial charge on any atom is 0.318 e. The molecule has 1 aliphatic carbocycles. The van der Waals surface area contributed by atoms with Crippen molar-refractivity contribution in [1.82, 2.24) is 4.90 Å². The minimum atomic E-state index is -0.301. The number of rotatable bonds is 1. The van der Waals surface area contributed by atoms with Crippen LogP contribution in [-0.4, -0.2) is 36.0 Å². The fraction of sp³-hybridized carbons (Fsp3) is 0.800. The SMILES string of the molecule is O=C1OC(=O)C2CN(C3CC3)CCC12. The fourth-order valence-electron chi connectivity index (χ4n) is 2.52. The van der Waals surface area contributed by atoms with Crippen LogP contribution in [0.1, 0.15) is 19.3 Å². The number of hydrogen-bond acceptors (Lipinski definition) is 4. The molecule has 0 aromatic carbocycles. The smallest absolute Gasteiger partial charge is 0.318 e. The Kier molecular flexibility index (Phi) is 1.68. The first-order valence-electron chi connectivity index (χ1n) is 5.25. The van der Waals surface area contributed by atoms with Crippen LogP contribution in [0.2, 0.25) is 0 Å². The minimum Gasteiger partial charge on any atom is -0.393 e. The van der Waals surface area contributed by atoms with Gasteiger partial charge in [-0.05, 0) is 25.8 Å². The first-order chi connectivity index (χ1) is 6.75. The molecule has 3 aliphatic rings. The van der Waals surface area contributed by atoms with Crippen molar-refractivity contribution in [2.75, 3.05) is 13.1 Å². The molecule has 76 valence electrons. The molecule has 2 aliphatic heterocycles. The summed E-state index contributed by atoms with van der Waals surface area (Å²) in [6, 6.07) is 0.680. The van der Waals surface area contributed by atoms with Gasteiger partial charge in [0, 0.05) is 12.6 Å². The molecule has 0 spiro atoms. The van der Waals surface area contributed by atoms with Gasteiger partial charge in [0.15, 0.2) is 0 Å². The Labute approximate surface area is 82.2 Å². The molecule has 0 N–H and O–H groups in total. The number of cyclic esters (lactones) is 2. The molecule has 2 atom stereocenters. The normalized spacial score (nSPS) is 38.3. The molecule has 3 rings (SSSR count). The van der Waals surface area contributed by atoms with Crippen LogP contribution in [0.25, 0.3) is 0 Å². The second-order valence-electron chi connectivity index (χ2n) is 4.47. The van der Waals surface area contributed by atoms with E-state index in [0.717, 1.165) is 19.5 Å². The van der Waals surface area contributed by atoms with Gasteiger partial charge in [-0.3, -0.25) is 14.5 Å². The maximum absolute atomic E-state index is 11.3. The van der Waals surface area contributed by atoms with Crippen LogP contribution in [0.3, 0.4) is 0 Å². The predicted octanol–water partition coefficient (Wildman–Crippen LogP) is 0.170. The van der Waals surface area contributed by atoms with E-state index in [2.05, 4.69) is 9.64 Å². The molecule has 1 saturated carbocycles. The lowest BCUT2D eigenvalue weighted by molar-refractivity contribution is -0.153. The van der Waals surface area contributed by atoms with Crippen LogP contribution in [0.5, 0.6) is 0 Å². The highest BCUT2D eigenvalue weighted by molar-refractivity contribution is 5.96. The number of carbonyl (C=O) groups excluding carboxylic acids is 2. The quantitative estimate of drug-likeness (QED) is 0.442. The second-order valence-corrected chi connectivity index (χ2v) is 4.47. The summed E-state index contributed by atoms with van der Waals surface area (Å²) < 4.78 is 4.65. The summed E-state index contributed by atoms with van der Waals surface area (Å²) in [4.78, 5) is 24.9. The van der Waals surface area contributed by atoms with E-state index in [1.165, 1.54) is 12.8 Å². The van der Waals surface area contributed by atoms with E-state index < -0.39 is 0 Å². The van der Waals surface area contributed by atoms with Gasteiger partial charge in [-0.25, -0.2) is 0 Å². The van der Waals surface area contributed by atoms with E-state index in [1.54, 1.807) is 0 Å². The fourth-order valence-corrected chi connectivity index (χ4v) is 2.52. The summed E-state index contributed by atoms with van der Waals surface area (Å²) >= 11 is 0. The molecule has 0 aromatic rings. The van der Waals surface area contributed by atoms with Gasteiger partial charge >= 0.3 is 11.9 Å². The van der Waals surface area contributed by atoms with Crippen molar-refractivity contribution in [3.8, 4) is 0 Å². The van der Waals surface area contributed by atoms with Crippen molar-refractivity contribution in [1.29, 1.82) is 0 Å². The zero-order valence-electron chi connectivity index (χ0n) is 7.94. The molecule has 0 aromatic heterocycles. The molecule has 0 amide bonds. The lowest BCUT2D eigenvalue weighted by atomic mass is 9.87. The van der Waals surface area contributed by atoms with Gasteiger partial charge < -0.3 is 4.74 Å². The van der Waals surface area contributed by atoms with Gasteiger partial charge in [-0.2, -0.15) is 0 Å². The summed E-state index contributed by atoms with van der Waals surface area (Å²) in [7, 11) is 0. The monoisotopic (exact) mass is 195 g/mol. The van der Waals surface area contributed by atoms with Crippen LogP contribution >= 0.6 is 0 Å². The number of piperidine rings is 1. The van der Waals surface area contributed by atoms with E-state index in [4.69, 9.17) is 0 Å². The highest BCUT2D eigenvalue weighted by atomic mass is 16.6. The molecular weight excluding hydrogens is 182 g/mol. The van der Waals surface area contributed by atoms with Crippen molar-refractivity contribution in [3.63, 3.8) is 0 Å². The average Bonchev–Trinajstić information content (AvgIpc) is 2.96. The maximum atomic E-state index is 11.3. The van der Waals surface area contributed by atoms with Gasteiger partial charge in [-0.15, -0.1) is 0 Å². The van der Waals surface area contributed by atoms with Gasteiger partial charge in [0.2, 0.25) is 0 Å². The van der Waals surface area contributed by atoms with Gasteiger partial charge in [-0.1, -0.05) is 0 Å². The molecule has 4 nitrogen and oxygen atoms in total. The molecule has 2 heterocycles. The number of ether oxygens (including phenoxy) is 1. The molecule has 0 radical (unpaired) electrons. The van der Waals surface area contributed by atoms with E-state index in [9.17, 15) is 9.59 Å². The minimum absolute atomic E-state index is 0.141. The number of esters is 2. The number of hydrogen-bond donors (Lipinski definition) is 0. The van der Waals surface area contributed by atoms with Crippen molar-refractivity contribution < 1.29 is 14.3 Å². The Hall–Kier alpha value is -0.900. The number of likely N-dealkylation sites (tertiary alicyclic amines) is 1. The first kappa shape index (κ1) is 8.41. The lowest BCUT2D eigenvalue weighted by Gasteiger charge is -2.31. The Morgan fingerprint density at radius 2 is 1.79 bits per heavy atom. The van der Waals surface area contributed by atoms with E-state index in [0.29, 0.717) is 6.04 Å². The van der Waals surface area contributed by atoms with Crippen molar-refractivity contribution in [2.24, 2.45) is 11.8 Å². The van der Waals surface area contributed by atoms with Crippen molar-refractivity contribution >= 4 is 11.9 Å². The molecule has 2 unspecified atom stereocenters. The Balaban J connectivity index is 1.75. The lowest BCUT2D eigenvalue weighted by Crippen LogP contribution is -2.42. The zero-order chi connectivity index (χ0) is 9.71. The summed E-state index contributed by atoms with van der Waals surface area (Å²) in [6.45, 7) is 1.69. The Morgan fingerprint density at radius 1 is 1.07 bits per heavy atom. The Bertz CT molecular complexity index is 298. The summed E-state index contributed by atoms with van der Waals surface area (Å²) in [5, 5.41) is 0. The third-order valence-electron chi connectivity index (χ3n) is 3.51. The predicted molar refractivity (Wildman–Crippen MR) is 47.3 cm³/mol. The van der Waals surface area contributed by atoms with Crippen LogP contribution in [-0.2, 0) is 14.3 Å². The van der Waals surface area contributed by atoms with E-state index >= 15 is 0 Å². The van der Waals surface area contributed by atoms with Gasteiger partial charge in [0.25, 0.3) is 0 Å². The molecular formula is C10H13NO3. The molecule has 2 saturated heterocycles. The summed E-state index contributed by atoms with van der Waals surface area (Å²) in [5.41, 5.74) is 0. The van der Waals surface area contributed by atoms with Crippen LogP contribution in [0.4, 0.5) is 0 Å². The Morgan fingerprint density at radius 3 is 2.50 bits per heavy atom. The topological polar surface area (TPSA) is 46.6 Å².